The van der Waals surface area contributed by atoms with Crippen LogP contribution in [0.1, 0.15) is 75.7 Å². The Balaban J connectivity index is 1.93. The van der Waals surface area contributed by atoms with Crippen LogP contribution in [0.5, 0.6) is 0 Å². The van der Waals surface area contributed by atoms with Crippen LogP contribution in [0.25, 0.3) is 0 Å². The van der Waals surface area contributed by atoms with Crippen molar-refractivity contribution in [2.24, 2.45) is 0 Å². The quantitative estimate of drug-likeness (QED) is 0.860. The molecule has 0 bridgehead atoms. The molecule has 4 nitrogen and oxygen atoms in total. The van der Waals surface area contributed by atoms with E-state index in [0.717, 1.165) is 37.4 Å². The number of hydrogen-bond donors (Lipinski definition) is 1. The molecule has 0 amide bonds. The fraction of sp³-hybridized carbons (Fsp3) is 0.765. The second kappa shape index (κ2) is 6.30. The van der Waals surface area contributed by atoms with Crippen molar-refractivity contribution >= 4 is 5.82 Å². The van der Waals surface area contributed by atoms with Gasteiger partial charge in [-0.25, -0.2) is 9.97 Å². The highest BCUT2D eigenvalue weighted by molar-refractivity contribution is 5.39. The van der Waals surface area contributed by atoms with E-state index in [1.807, 2.05) is 7.11 Å². The summed E-state index contributed by atoms with van der Waals surface area (Å²) in [5.41, 5.74) is 0.951. The summed E-state index contributed by atoms with van der Waals surface area (Å²) >= 11 is 0. The molecule has 0 aliphatic heterocycles. The molecule has 2 aliphatic rings. The standard InChI is InChI=1S/C17H27N3O/c1-3-11-18-15-12-14(13-7-8-13)19-16(20-15)17(21-2)9-5-4-6-10-17/h12-13H,3-11H2,1-2H3,(H,18,19,20). The number of hydrogen-bond acceptors (Lipinski definition) is 4. The Bertz CT molecular complexity index is 479. The zero-order valence-corrected chi connectivity index (χ0v) is 13.3. The van der Waals surface area contributed by atoms with Gasteiger partial charge in [-0.2, -0.15) is 0 Å². The summed E-state index contributed by atoms with van der Waals surface area (Å²) in [7, 11) is 1.82. The van der Waals surface area contributed by atoms with E-state index in [0.29, 0.717) is 5.92 Å². The number of aromatic nitrogens is 2. The average molecular weight is 289 g/mol. The highest BCUT2D eigenvalue weighted by Gasteiger charge is 2.38. The monoisotopic (exact) mass is 289 g/mol. The van der Waals surface area contributed by atoms with E-state index in [1.54, 1.807) is 0 Å². The van der Waals surface area contributed by atoms with Gasteiger partial charge < -0.3 is 10.1 Å². The normalized spacial score (nSPS) is 21.2. The zero-order chi connectivity index (χ0) is 14.7. The number of methoxy groups -OCH3 is 1. The Morgan fingerprint density at radius 1 is 1.24 bits per heavy atom. The smallest absolute Gasteiger partial charge is 0.162 e. The topological polar surface area (TPSA) is 47.0 Å². The SMILES string of the molecule is CCCNc1cc(C2CC2)nc(C2(OC)CCCCC2)n1. The number of nitrogens with zero attached hydrogens (tertiary/aromatic N) is 2. The summed E-state index contributed by atoms with van der Waals surface area (Å²) in [6.45, 7) is 3.13. The third-order valence-electron chi connectivity index (χ3n) is 4.76. The van der Waals surface area contributed by atoms with E-state index >= 15 is 0 Å². The third-order valence-corrected chi connectivity index (χ3v) is 4.76. The van der Waals surface area contributed by atoms with Gasteiger partial charge in [0.2, 0.25) is 0 Å². The Morgan fingerprint density at radius 3 is 2.62 bits per heavy atom. The number of nitrogens with one attached hydrogen (secondary N) is 1. The summed E-state index contributed by atoms with van der Waals surface area (Å²) in [5, 5.41) is 3.43. The first-order valence-corrected chi connectivity index (χ1v) is 8.46. The predicted octanol–water partition coefficient (Wildman–Crippen LogP) is 3.98. The molecule has 0 radical (unpaired) electrons. The molecule has 2 fully saturated rings. The lowest BCUT2D eigenvalue weighted by Gasteiger charge is -2.34. The van der Waals surface area contributed by atoms with Gasteiger partial charge >= 0.3 is 0 Å². The zero-order valence-electron chi connectivity index (χ0n) is 13.3. The van der Waals surface area contributed by atoms with Gasteiger partial charge in [-0.15, -0.1) is 0 Å². The van der Waals surface area contributed by atoms with Crippen LogP contribution in [-0.2, 0) is 10.3 Å². The van der Waals surface area contributed by atoms with E-state index in [2.05, 4.69) is 18.3 Å². The van der Waals surface area contributed by atoms with Crippen molar-refractivity contribution < 1.29 is 4.74 Å². The minimum Gasteiger partial charge on any atom is -0.370 e. The lowest BCUT2D eigenvalue weighted by atomic mass is 9.84. The van der Waals surface area contributed by atoms with Crippen molar-refractivity contribution in [1.82, 2.24) is 9.97 Å². The molecule has 4 heteroatoms. The van der Waals surface area contributed by atoms with Gasteiger partial charge in [0.05, 0.1) is 0 Å². The van der Waals surface area contributed by atoms with Gasteiger partial charge in [-0.3, -0.25) is 0 Å². The molecule has 2 saturated carbocycles. The van der Waals surface area contributed by atoms with Crippen LogP contribution in [0.3, 0.4) is 0 Å². The molecule has 1 heterocycles. The first-order chi connectivity index (χ1) is 10.3. The number of ether oxygens (including phenoxy) is 1. The maximum Gasteiger partial charge on any atom is 0.162 e. The summed E-state index contributed by atoms with van der Waals surface area (Å²) < 4.78 is 5.93. The van der Waals surface area contributed by atoms with E-state index in [4.69, 9.17) is 14.7 Å². The third kappa shape index (κ3) is 3.20. The van der Waals surface area contributed by atoms with Crippen LogP contribution in [0.4, 0.5) is 5.82 Å². The summed E-state index contributed by atoms with van der Waals surface area (Å²) in [4.78, 5) is 9.69. The molecule has 1 N–H and O–H groups in total. The Morgan fingerprint density at radius 2 is 2.00 bits per heavy atom. The van der Waals surface area contributed by atoms with Crippen molar-refractivity contribution in [2.75, 3.05) is 19.0 Å². The molecule has 21 heavy (non-hydrogen) atoms. The molecule has 0 spiro atoms. The first-order valence-electron chi connectivity index (χ1n) is 8.46. The molecule has 0 atom stereocenters. The molecule has 1 aromatic heterocycles. The van der Waals surface area contributed by atoms with Gasteiger partial charge in [-0.1, -0.05) is 26.2 Å². The van der Waals surface area contributed by atoms with Gasteiger partial charge in [0.25, 0.3) is 0 Å². The fourth-order valence-electron chi connectivity index (χ4n) is 3.24. The minimum atomic E-state index is -0.258. The molecular formula is C17H27N3O. The first kappa shape index (κ1) is 14.8. The largest absolute Gasteiger partial charge is 0.370 e. The average Bonchev–Trinajstić information content (AvgIpc) is 3.38. The Hall–Kier alpha value is -1.16. The van der Waals surface area contributed by atoms with Gasteiger partial charge in [0, 0.05) is 31.3 Å². The fourth-order valence-corrected chi connectivity index (χ4v) is 3.24. The Kier molecular flexibility index (Phi) is 4.43. The number of anilines is 1. The number of rotatable bonds is 6. The summed E-state index contributed by atoms with van der Waals surface area (Å²) in [6.07, 6.45) is 9.45. The van der Waals surface area contributed by atoms with Crippen LogP contribution in [0, 0.1) is 0 Å². The van der Waals surface area contributed by atoms with E-state index in [1.165, 1.54) is 37.8 Å². The maximum absolute atomic E-state index is 5.93. The lowest BCUT2D eigenvalue weighted by Crippen LogP contribution is -2.33. The van der Waals surface area contributed by atoms with Crippen LogP contribution in [0.2, 0.25) is 0 Å². The van der Waals surface area contributed by atoms with Crippen molar-refractivity contribution in [3.63, 3.8) is 0 Å². The minimum absolute atomic E-state index is 0.258. The van der Waals surface area contributed by atoms with Crippen molar-refractivity contribution in [3.8, 4) is 0 Å². The van der Waals surface area contributed by atoms with E-state index in [-0.39, 0.29) is 5.60 Å². The van der Waals surface area contributed by atoms with Crippen molar-refractivity contribution in [3.05, 3.63) is 17.6 Å². The highest BCUT2D eigenvalue weighted by Crippen LogP contribution is 2.43. The van der Waals surface area contributed by atoms with Crippen molar-refractivity contribution in [2.45, 2.75) is 69.8 Å². The Labute approximate surface area is 127 Å². The maximum atomic E-state index is 5.93. The van der Waals surface area contributed by atoms with Gasteiger partial charge in [0.1, 0.15) is 11.4 Å². The van der Waals surface area contributed by atoms with Crippen LogP contribution >= 0.6 is 0 Å². The molecule has 116 valence electrons. The summed E-state index contributed by atoms with van der Waals surface area (Å²) in [5.74, 6) is 2.53. The second-order valence-electron chi connectivity index (χ2n) is 6.46. The molecule has 0 unspecified atom stereocenters. The predicted molar refractivity (Wildman–Crippen MR) is 84.6 cm³/mol. The second-order valence-corrected chi connectivity index (χ2v) is 6.46. The van der Waals surface area contributed by atoms with Crippen LogP contribution < -0.4 is 5.32 Å². The van der Waals surface area contributed by atoms with E-state index in [9.17, 15) is 0 Å². The van der Waals surface area contributed by atoms with Crippen LogP contribution in [-0.4, -0.2) is 23.6 Å². The van der Waals surface area contributed by atoms with Crippen LogP contribution in [0.15, 0.2) is 6.07 Å². The molecule has 0 aromatic carbocycles. The van der Waals surface area contributed by atoms with E-state index < -0.39 is 0 Å². The molecule has 2 aliphatic carbocycles. The lowest BCUT2D eigenvalue weighted by molar-refractivity contribution is -0.0515. The van der Waals surface area contributed by atoms with Crippen molar-refractivity contribution in [1.29, 1.82) is 0 Å². The molecule has 1 aromatic rings. The van der Waals surface area contributed by atoms with Gasteiger partial charge in [0.15, 0.2) is 5.82 Å². The molecule has 3 rings (SSSR count). The summed E-state index contributed by atoms with van der Waals surface area (Å²) in [6, 6.07) is 2.14. The molecular weight excluding hydrogens is 262 g/mol. The highest BCUT2D eigenvalue weighted by atomic mass is 16.5. The molecule has 0 saturated heterocycles. The van der Waals surface area contributed by atoms with Gasteiger partial charge in [-0.05, 0) is 32.1 Å².